The molecular weight excluding hydrogens is 212 g/mol. The highest BCUT2D eigenvalue weighted by molar-refractivity contribution is 5.76. The van der Waals surface area contributed by atoms with E-state index in [0.717, 1.165) is 0 Å². The first-order valence-electron chi connectivity index (χ1n) is 5.35. The monoisotopic (exact) mass is 232 g/mol. The Morgan fingerprint density at radius 2 is 1.25 bits per heavy atom. The molecule has 0 heterocycles. The normalized spacial score (nSPS) is 10.4. The van der Waals surface area contributed by atoms with Gasteiger partial charge in [-0.15, -0.1) is 0 Å². The smallest absolute Gasteiger partial charge is 0.155 e. The molecule has 0 saturated carbocycles. The van der Waals surface area contributed by atoms with Gasteiger partial charge in [-0.25, -0.2) is 0 Å². The summed E-state index contributed by atoms with van der Waals surface area (Å²) in [4.78, 5) is 21.0. The van der Waals surface area contributed by atoms with Gasteiger partial charge in [0.25, 0.3) is 0 Å². The zero-order valence-corrected chi connectivity index (χ0v) is 9.99. The third-order valence-electron chi connectivity index (χ3n) is 1.65. The fourth-order valence-corrected chi connectivity index (χ4v) is 0.872. The Bertz CT molecular complexity index is 181. The Hall–Kier alpha value is -0.780. The van der Waals surface area contributed by atoms with E-state index in [1.54, 1.807) is 0 Å². The number of carbonyl (C=O) groups is 2. The Morgan fingerprint density at radius 3 is 1.75 bits per heavy atom. The summed E-state index contributed by atoms with van der Waals surface area (Å²) in [6, 6.07) is 0. The minimum absolute atomic E-state index is 0.00701. The molecule has 0 spiro atoms. The van der Waals surface area contributed by atoms with E-state index in [2.05, 4.69) is 0 Å². The second-order valence-electron chi connectivity index (χ2n) is 3.43. The van der Waals surface area contributed by atoms with Crippen LogP contribution in [0.5, 0.6) is 0 Å². The van der Waals surface area contributed by atoms with Gasteiger partial charge in [0.1, 0.15) is 12.4 Å². The highest BCUT2D eigenvalue weighted by atomic mass is 16.5. The molecule has 0 aliphatic carbocycles. The molecule has 0 radical (unpaired) electrons. The van der Waals surface area contributed by atoms with Crippen LogP contribution in [0.4, 0.5) is 0 Å². The van der Waals surface area contributed by atoms with Crippen molar-refractivity contribution in [1.29, 1.82) is 0 Å². The summed E-state index contributed by atoms with van der Waals surface area (Å²) >= 11 is 0. The van der Waals surface area contributed by atoms with Gasteiger partial charge in [-0.05, 0) is 13.8 Å². The highest BCUT2D eigenvalue weighted by Crippen LogP contribution is 1.85. The summed E-state index contributed by atoms with van der Waals surface area (Å²) < 4.78 is 15.3. The second-order valence-corrected chi connectivity index (χ2v) is 3.43. The number of hydrogen-bond donors (Lipinski definition) is 0. The highest BCUT2D eigenvalue weighted by Gasteiger charge is 1.95. The van der Waals surface area contributed by atoms with Gasteiger partial charge >= 0.3 is 0 Å². The van der Waals surface area contributed by atoms with Crippen LogP contribution in [0.3, 0.4) is 0 Å². The lowest BCUT2D eigenvalue weighted by atomic mass is 10.3. The lowest BCUT2D eigenvalue weighted by molar-refractivity contribution is -0.122. The van der Waals surface area contributed by atoms with Crippen LogP contribution in [-0.4, -0.2) is 51.2 Å². The predicted octanol–water partition coefficient (Wildman–Crippen LogP) is 0.604. The van der Waals surface area contributed by atoms with Crippen LogP contribution in [0.25, 0.3) is 0 Å². The van der Waals surface area contributed by atoms with Crippen LogP contribution in [0.2, 0.25) is 0 Å². The summed E-state index contributed by atoms with van der Waals surface area (Å²) in [6.07, 6.45) is 0.446. The van der Waals surface area contributed by atoms with Crippen molar-refractivity contribution in [2.75, 3.05) is 39.6 Å². The first kappa shape index (κ1) is 15.2. The van der Waals surface area contributed by atoms with Crippen molar-refractivity contribution >= 4 is 11.6 Å². The molecule has 16 heavy (non-hydrogen) atoms. The first-order chi connectivity index (χ1) is 7.63. The molecule has 5 nitrogen and oxygen atoms in total. The van der Waals surface area contributed by atoms with E-state index in [0.29, 0.717) is 39.5 Å². The van der Waals surface area contributed by atoms with Crippen molar-refractivity contribution in [3.8, 4) is 0 Å². The molecule has 0 N–H and O–H groups in total. The van der Waals surface area contributed by atoms with E-state index in [1.807, 2.05) is 0 Å². The molecule has 0 rings (SSSR count). The lowest BCUT2D eigenvalue weighted by Crippen LogP contribution is -2.12. The van der Waals surface area contributed by atoms with Crippen LogP contribution >= 0.6 is 0 Å². The van der Waals surface area contributed by atoms with Gasteiger partial charge < -0.3 is 14.2 Å². The van der Waals surface area contributed by atoms with Crippen LogP contribution in [0, 0.1) is 0 Å². The summed E-state index contributed by atoms with van der Waals surface area (Å²) in [5.74, 6) is 0.131. The molecule has 0 aromatic heterocycles. The molecule has 0 unspecified atom stereocenters. The molecule has 0 atom stereocenters. The van der Waals surface area contributed by atoms with Crippen molar-refractivity contribution in [3.63, 3.8) is 0 Å². The minimum Gasteiger partial charge on any atom is -0.379 e. The maximum absolute atomic E-state index is 10.6. The molecule has 5 heteroatoms. The number of Topliss-reactive ketones (excluding diaryl/α,β-unsaturated/α-hetero) is 2. The number of ether oxygens (including phenoxy) is 3. The van der Waals surface area contributed by atoms with Crippen molar-refractivity contribution in [3.05, 3.63) is 0 Å². The minimum atomic E-state index is 0.00701. The van der Waals surface area contributed by atoms with Crippen molar-refractivity contribution in [1.82, 2.24) is 0 Å². The molecule has 0 saturated heterocycles. The van der Waals surface area contributed by atoms with Gasteiger partial charge in [0, 0.05) is 6.42 Å². The van der Waals surface area contributed by atoms with E-state index < -0.39 is 0 Å². The van der Waals surface area contributed by atoms with Crippen molar-refractivity contribution in [2.24, 2.45) is 0 Å². The molecule has 0 aliphatic heterocycles. The van der Waals surface area contributed by atoms with E-state index >= 15 is 0 Å². The number of hydrogen-bond acceptors (Lipinski definition) is 5. The first-order valence-corrected chi connectivity index (χ1v) is 5.35. The van der Waals surface area contributed by atoms with Crippen molar-refractivity contribution < 1.29 is 23.8 Å². The van der Waals surface area contributed by atoms with Crippen LogP contribution in [0.1, 0.15) is 20.3 Å². The van der Waals surface area contributed by atoms with Crippen molar-refractivity contribution in [2.45, 2.75) is 20.3 Å². The quantitative estimate of drug-likeness (QED) is 0.488. The summed E-state index contributed by atoms with van der Waals surface area (Å²) in [5, 5.41) is 0. The molecule has 0 aromatic carbocycles. The molecule has 0 fully saturated rings. The predicted molar refractivity (Wildman–Crippen MR) is 58.4 cm³/mol. The topological polar surface area (TPSA) is 61.8 Å². The van der Waals surface area contributed by atoms with Gasteiger partial charge in [0.05, 0.1) is 33.0 Å². The molecule has 0 amide bonds. The Labute approximate surface area is 96.1 Å². The fraction of sp³-hybridized carbons (Fsp3) is 0.818. The molecule has 0 aromatic rings. The van der Waals surface area contributed by atoms with E-state index in [-0.39, 0.29) is 18.2 Å². The largest absolute Gasteiger partial charge is 0.379 e. The third-order valence-corrected chi connectivity index (χ3v) is 1.65. The zero-order chi connectivity index (χ0) is 12.2. The molecular formula is C11H20O5. The summed E-state index contributed by atoms with van der Waals surface area (Å²) in [5.41, 5.74) is 0. The van der Waals surface area contributed by atoms with Gasteiger partial charge in [-0.3, -0.25) is 9.59 Å². The zero-order valence-electron chi connectivity index (χ0n) is 9.99. The maximum Gasteiger partial charge on any atom is 0.155 e. The number of rotatable bonds is 11. The standard InChI is InChI=1S/C11H20O5/c1-10(12)3-4-14-5-6-15-7-8-16-9-11(2)13/h3-9H2,1-2H3. The Morgan fingerprint density at radius 1 is 0.750 bits per heavy atom. The molecule has 94 valence electrons. The molecule has 0 aliphatic rings. The SMILES string of the molecule is CC(=O)CCOCCOCCOCC(C)=O. The van der Waals surface area contributed by atoms with Crippen LogP contribution in [-0.2, 0) is 23.8 Å². The fourth-order valence-electron chi connectivity index (χ4n) is 0.872. The van der Waals surface area contributed by atoms with Gasteiger partial charge in [0.2, 0.25) is 0 Å². The Balaban J connectivity index is 2.98. The summed E-state index contributed by atoms with van der Waals surface area (Å²) in [7, 11) is 0. The van der Waals surface area contributed by atoms with Gasteiger partial charge in [-0.2, -0.15) is 0 Å². The number of carbonyl (C=O) groups excluding carboxylic acids is 2. The van der Waals surface area contributed by atoms with Gasteiger partial charge in [-0.1, -0.05) is 0 Å². The lowest BCUT2D eigenvalue weighted by Gasteiger charge is -2.05. The average molecular weight is 232 g/mol. The third kappa shape index (κ3) is 13.2. The summed E-state index contributed by atoms with van der Waals surface area (Å²) in [6.45, 7) is 5.39. The van der Waals surface area contributed by atoms with E-state index in [1.165, 1.54) is 13.8 Å². The second kappa shape index (κ2) is 10.7. The van der Waals surface area contributed by atoms with E-state index in [9.17, 15) is 9.59 Å². The van der Waals surface area contributed by atoms with E-state index in [4.69, 9.17) is 14.2 Å². The van der Waals surface area contributed by atoms with Crippen LogP contribution < -0.4 is 0 Å². The Kier molecular flexibility index (Phi) is 10.2. The van der Waals surface area contributed by atoms with Crippen LogP contribution in [0.15, 0.2) is 0 Å². The maximum atomic E-state index is 10.6. The number of ketones is 2. The van der Waals surface area contributed by atoms with Gasteiger partial charge in [0.15, 0.2) is 5.78 Å². The average Bonchev–Trinajstić information content (AvgIpc) is 2.20. The molecule has 0 bridgehead atoms.